The summed E-state index contributed by atoms with van der Waals surface area (Å²) in [6.07, 6.45) is 1.90. The third kappa shape index (κ3) is 2.00. The second kappa shape index (κ2) is 3.82. The van der Waals surface area contributed by atoms with Crippen molar-refractivity contribution in [3.63, 3.8) is 0 Å². The smallest absolute Gasteiger partial charge is 0.151 e. The number of nitrogens with zero attached hydrogens (tertiary/aromatic N) is 3. The molecule has 2 N–H and O–H groups in total. The van der Waals surface area contributed by atoms with E-state index in [4.69, 9.17) is 5.73 Å². The molecule has 0 atom stereocenters. The molecule has 1 aromatic rings. The van der Waals surface area contributed by atoms with Crippen LogP contribution < -0.4 is 5.73 Å². The minimum atomic E-state index is 0.706. The molecule has 0 aromatic carbocycles. The van der Waals surface area contributed by atoms with Gasteiger partial charge in [-0.15, -0.1) is 5.10 Å². The van der Waals surface area contributed by atoms with Gasteiger partial charge >= 0.3 is 0 Å². The highest BCUT2D eigenvalue weighted by atomic mass is 79.9. The summed E-state index contributed by atoms with van der Waals surface area (Å²) in [4.78, 5) is 0. The largest absolute Gasteiger partial charge is 0.330 e. The number of halogens is 1. The Morgan fingerprint density at radius 2 is 2.36 bits per heavy atom. The van der Waals surface area contributed by atoms with Crippen LogP contribution in [0.5, 0.6) is 0 Å². The molecule has 0 bridgehead atoms. The molecule has 1 rings (SSSR count). The summed E-state index contributed by atoms with van der Waals surface area (Å²) < 4.78 is 2.59. The molecule has 0 aliphatic rings. The summed E-state index contributed by atoms with van der Waals surface area (Å²) in [5, 5.41) is 7.71. The van der Waals surface area contributed by atoms with Gasteiger partial charge in [0.25, 0.3) is 0 Å². The monoisotopic (exact) mass is 218 g/mol. The summed E-state index contributed by atoms with van der Waals surface area (Å²) in [6, 6.07) is 0. The Morgan fingerprint density at radius 1 is 1.64 bits per heavy atom. The topological polar surface area (TPSA) is 56.7 Å². The third-order valence-electron chi connectivity index (χ3n) is 1.51. The Hall–Kier alpha value is -0.420. The molecule has 0 aliphatic carbocycles. The van der Waals surface area contributed by atoms with Gasteiger partial charge in [0.1, 0.15) is 0 Å². The zero-order valence-electron chi connectivity index (χ0n) is 6.42. The van der Waals surface area contributed by atoms with E-state index in [-0.39, 0.29) is 0 Å². The summed E-state index contributed by atoms with van der Waals surface area (Å²) in [7, 11) is 1.88. The SMILES string of the molecule is Cn1nnc(Br)c1CCCN. The van der Waals surface area contributed by atoms with Crippen LogP contribution in [0, 0.1) is 0 Å². The van der Waals surface area contributed by atoms with E-state index in [0.29, 0.717) is 6.54 Å². The maximum Gasteiger partial charge on any atom is 0.151 e. The van der Waals surface area contributed by atoms with E-state index in [9.17, 15) is 0 Å². The molecule has 0 fully saturated rings. The molecular weight excluding hydrogens is 208 g/mol. The van der Waals surface area contributed by atoms with Crippen molar-refractivity contribution in [1.29, 1.82) is 0 Å². The molecule has 0 radical (unpaired) electrons. The van der Waals surface area contributed by atoms with Crippen LogP contribution in [0.1, 0.15) is 12.1 Å². The molecule has 5 heteroatoms. The summed E-state index contributed by atoms with van der Waals surface area (Å²) in [6.45, 7) is 0.706. The first-order valence-corrected chi connectivity index (χ1v) is 4.29. The zero-order valence-corrected chi connectivity index (χ0v) is 8.00. The number of hydrogen-bond acceptors (Lipinski definition) is 3. The fourth-order valence-corrected chi connectivity index (χ4v) is 1.41. The van der Waals surface area contributed by atoms with Crippen molar-refractivity contribution in [2.24, 2.45) is 12.8 Å². The molecule has 0 spiro atoms. The Balaban J connectivity index is 2.67. The number of nitrogens with two attached hydrogens (primary N) is 1. The highest BCUT2D eigenvalue weighted by Crippen LogP contribution is 2.12. The van der Waals surface area contributed by atoms with Gasteiger partial charge in [0, 0.05) is 7.05 Å². The lowest BCUT2D eigenvalue weighted by Gasteiger charge is -1.98. The van der Waals surface area contributed by atoms with Crippen LogP contribution >= 0.6 is 15.9 Å². The fourth-order valence-electron chi connectivity index (χ4n) is 0.886. The van der Waals surface area contributed by atoms with Gasteiger partial charge in [0.15, 0.2) is 4.60 Å². The van der Waals surface area contributed by atoms with Crippen molar-refractivity contribution < 1.29 is 0 Å². The average molecular weight is 219 g/mol. The molecule has 11 heavy (non-hydrogen) atoms. The average Bonchev–Trinajstić information content (AvgIpc) is 2.29. The number of aryl methyl sites for hydroxylation is 1. The van der Waals surface area contributed by atoms with E-state index >= 15 is 0 Å². The van der Waals surface area contributed by atoms with Crippen LogP contribution in [0.2, 0.25) is 0 Å². The lowest BCUT2D eigenvalue weighted by molar-refractivity contribution is 0.662. The molecule has 0 saturated carbocycles. The van der Waals surface area contributed by atoms with E-state index in [1.165, 1.54) is 0 Å². The molecular formula is C6H11BrN4. The molecule has 1 heterocycles. The Labute approximate surface area is 73.9 Å². The predicted octanol–water partition coefficient (Wildman–Crippen LogP) is 0.469. The van der Waals surface area contributed by atoms with Crippen LogP contribution in [-0.4, -0.2) is 21.5 Å². The minimum Gasteiger partial charge on any atom is -0.330 e. The van der Waals surface area contributed by atoms with Crippen molar-refractivity contribution in [3.05, 3.63) is 10.3 Å². The summed E-state index contributed by atoms with van der Waals surface area (Å²) >= 11 is 3.31. The third-order valence-corrected chi connectivity index (χ3v) is 2.13. The van der Waals surface area contributed by atoms with Crippen LogP contribution in [0.4, 0.5) is 0 Å². The summed E-state index contributed by atoms with van der Waals surface area (Å²) in [5.74, 6) is 0. The zero-order chi connectivity index (χ0) is 8.27. The van der Waals surface area contributed by atoms with Gasteiger partial charge in [-0.1, -0.05) is 5.21 Å². The maximum atomic E-state index is 5.38. The van der Waals surface area contributed by atoms with Gasteiger partial charge in [-0.2, -0.15) is 0 Å². The lowest BCUT2D eigenvalue weighted by atomic mass is 10.2. The minimum absolute atomic E-state index is 0.706. The van der Waals surface area contributed by atoms with Crippen molar-refractivity contribution in [3.8, 4) is 0 Å². The predicted molar refractivity (Wildman–Crippen MR) is 46.1 cm³/mol. The van der Waals surface area contributed by atoms with E-state index in [2.05, 4.69) is 26.2 Å². The molecule has 0 aliphatic heterocycles. The van der Waals surface area contributed by atoms with Gasteiger partial charge in [0.2, 0.25) is 0 Å². The highest BCUT2D eigenvalue weighted by molar-refractivity contribution is 9.10. The van der Waals surface area contributed by atoms with Gasteiger partial charge in [-0.3, -0.25) is 4.68 Å². The first-order valence-electron chi connectivity index (χ1n) is 3.50. The Morgan fingerprint density at radius 3 is 2.82 bits per heavy atom. The first kappa shape index (κ1) is 8.67. The maximum absolute atomic E-state index is 5.38. The number of rotatable bonds is 3. The summed E-state index contributed by atoms with van der Waals surface area (Å²) in [5.41, 5.74) is 6.49. The highest BCUT2D eigenvalue weighted by Gasteiger charge is 2.05. The van der Waals surface area contributed by atoms with E-state index in [0.717, 1.165) is 23.1 Å². The van der Waals surface area contributed by atoms with Crippen LogP contribution in [0.15, 0.2) is 4.60 Å². The van der Waals surface area contributed by atoms with Crippen molar-refractivity contribution >= 4 is 15.9 Å². The normalized spacial score (nSPS) is 10.5. The van der Waals surface area contributed by atoms with Crippen LogP contribution in [0.3, 0.4) is 0 Å². The molecule has 62 valence electrons. The Bertz CT molecular complexity index is 213. The van der Waals surface area contributed by atoms with Gasteiger partial charge in [-0.25, -0.2) is 0 Å². The van der Waals surface area contributed by atoms with E-state index in [1.807, 2.05) is 7.05 Å². The van der Waals surface area contributed by atoms with E-state index in [1.54, 1.807) is 4.68 Å². The number of hydrogen-bond donors (Lipinski definition) is 1. The lowest BCUT2D eigenvalue weighted by Crippen LogP contribution is -2.04. The van der Waals surface area contributed by atoms with Gasteiger partial charge in [-0.05, 0) is 35.3 Å². The fraction of sp³-hybridized carbons (Fsp3) is 0.667. The van der Waals surface area contributed by atoms with Crippen molar-refractivity contribution in [2.75, 3.05) is 6.54 Å². The van der Waals surface area contributed by atoms with Crippen molar-refractivity contribution in [1.82, 2.24) is 15.0 Å². The van der Waals surface area contributed by atoms with Gasteiger partial charge < -0.3 is 5.73 Å². The van der Waals surface area contributed by atoms with Crippen LogP contribution in [0.25, 0.3) is 0 Å². The molecule has 0 saturated heterocycles. The second-order valence-electron chi connectivity index (χ2n) is 2.34. The standard InChI is InChI=1S/C6H11BrN4/c1-11-5(3-2-4-8)6(7)9-10-11/h2-4,8H2,1H3. The van der Waals surface area contributed by atoms with Crippen molar-refractivity contribution in [2.45, 2.75) is 12.8 Å². The molecule has 0 amide bonds. The molecule has 0 unspecified atom stereocenters. The molecule has 1 aromatic heterocycles. The second-order valence-corrected chi connectivity index (χ2v) is 3.09. The number of aromatic nitrogens is 3. The van der Waals surface area contributed by atoms with Gasteiger partial charge in [0.05, 0.1) is 5.69 Å². The Kier molecular flexibility index (Phi) is 3.02. The quantitative estimate of drug-likeness (QED) is 0.803. The van der Waals surface area contributed by atoms with E-state index < -0.39 is 0 Å². The first-order chi connectivity index (χ1) is 5.25. The van der Waals surface area contributed by atoms with Crippen LogP contribution in [-0.2, 0) is 13.5 Å². The molecule has 4 nitrogen and oxygen atoms in total.